The standard InChI is InChI=1S/C19H24Si/c1-16(2)20(3,4)19-13-9-8-12-18(19)15-14-17-10-6-5-7-11-17/h5-16H,1-4H3/b15-14+. The summed E-state index contributed by atoms with van der Waals surface area (Å²) in [4.78, 5) is 0. The number of benzene rings is 2. The third kappa shape index (κ3) is 3.29. The zero-order valence-electron chi connectivity index (χ0n) is 12.9. The molecule has 0 N–H and O–H groups in total. The zero-order chi connectivity index (χ0) is 14.6. The molecule has 0 radical (unpaired) electrons. The van der Waals surface area contributed by atoms with Crippen LogP contribution in [0.4, 0.5) is 0 Å². The molecule has 0 bridgehead atoms. The van der Waals surface area contributed by atoms with Crippen molar-refractivity contribution in [2.75, 3.05) is 0 Å². The molecule has 0 nitrogen and oxygen atoms in total. The minimum atomic E-state index is -1.39. The fourth-order valence-electron chi connectivity index (χ4n) is 2.29. The van der Waals surface area contributed by atoms with Crippen molar-refractivity contribution in [1.29, 1.82) is 0 Å². The van der Waals surface area contributed by atoms with Gasteiger partial charge < -0.3 is 0 Å². The van der Waals surface area contributed by atoms with Crippen molar-refractivity contribution < 1.29 is 0 Å². The van der Waals surface area contributed by atoms with E-state index in [9.17, 15) is 0 Å². The Labute approximate surface area is 124 Å². The molecule has 0 aromatic heterocycles. The van der Waals surface area contributed by atoms with Gasteiger partial charge in [-0.25, -0.2) is 0 Å². The molecule has 104 valence electrons. The molecule has 20 heavy (non-hydrogen) atoms. The van der Waals surface area contributed by atoms with Crippen LogP contribution in [0.5, 0.6) is 0 Å². The first-order chi connectivity index (χ1) is 9.51. The van der Waals surface area contributed by atoms with E-state index in [4.69, 9.17) is 0 Å². The van der Waals surface area contributed by atoms with Gasteiger partial charge in [-0.05, 0) is 16.7 Å². The second kappa shape index (κ2) is 6.23. The Morgan fingerprint density at radius 3 is 2.05 bits per heavy atom. The highest BCUT2D eigenvalue weighted by Gasteiger charge is 2.28. The van der Waals surface area contributed by atoms with Crippen molar-refractivity contribution in [3.63, 3.8) is 0 Å². The summed E-state index contributed by atoms with van der Waals surface area (Å²) >= 11 is 0. The molecule has 0 aliphatic carbocycles. The fourth-order valence-corrected chi connectivity index (χ4v) is 4.35. The molecule has 0 aliphatic heterocycles. The minimum absolute atomic E-state index is 0.744. The lowest BCUT2D eigenvalue weighted by atomic mass is 10.1. The second-order valence-corrected chi connectivity index (χ2v) is 11.3. The van der Waals surface area contributed by atoms with E-state index >= 15 is 0 Å². The van der Waals surface area contributed by atoms with Crippen LogP contribution in [0.2, 0.25) is 18.6 Å². The normalized spacial score (nSPS) is 12.2. The summed E-state index contributed by atoms with van der Waals surface area (Å²) in [5.41, 5.74) is 3.38. The van der Waals surface area contributed by atoms with Crippen molar-refractivity contribution in [2.24, 2.45) is 0 Å². The summed E-state index contributed by atoms with van der Waals surface area (Å²) in [5, 5.41) is 1.56. The maximum atomic E-state index is 2.47. The maximum absolute atomic E-state index is 2.47. The van der Waals surface area contributed by atoms with Gasteiger partial charge in [0.15, 0.2) is 0 Å². The summed E-state index contributed by atoms with van der Waals surface area (Å²) in [5.74, 6) is 0. The number of rotatable bonds is 4. The van der Waals surface area contributed by atoms with Crippen LogP contribution in [0.1, 0.15) is 25.0 Å². The van der Waals surface area contributed by atoms with E-state index in [1.807, 2.05) is 0 Å². The average molecular weight is 280 g/mol. The average Bonchev–Trinajstić information content (AvgIpc) is 2.46. The van der Waals surface area contributed by atoms with E-state index < -0.39 is 8.07 Å². The predicted molar refractivity (Wildman–Crippen MR) is 94.0 cm³/mol. The Hall–Kier alpha value is -1.60. The van der Waals surface area contributed by atoms with Gasteiger partial charge in [0.1, 0.15) is 0 Å². The fraction of sp³-hybridized carbons (Fsp3) is 0.263. The lowest BCUT2D eigenvalue weighted by molar-refractivity contribution is 1.02. The smallest absolute Gasteiger partial charge is 0.0652 e. The third-order valence-electron chi connectivity index (χ3n) is 4.35. The van der Waals surface area contributed by atoms with Crippen LogP contribution in [0.3, 0.4) is 0 Å². The van der Waals surface area contributed by atoms with Gasteiger partial charge in [0.05, 0.1) is 8.07 Å². The van der Waals surface area contributed by atoms with Crippen molar-refractivity contribution in [3.8, 4) is 0 Å². The predicted octanol–water partition coefficient (Wildman–Crippen LogP) is 5.18. The molecule has 0 fully saturated rings. The number of hydrogen-bond donors (Lipinski definition) is 0. The van der Waals surface area contributed by atoms with Crippen LogP contribution >= 0.6 is 0 Å². The van der Waals surface area contributed by atoms with Crippen LogP contribution in [0.15, 0.2) is 54.6 Å². The molecule has 1 heteroatoms. The molecule has 0 unspecified atom stereocenters. The molecular weight excluding hydrogens is 256 g/mol. The van der Waals surface area contributed by atoms with Crippen molar-refractivity contribution in [1.82, 2.24) is 0 Å². The SMILES string of the molecule is CC(C)[Si](C)(C)c1ccccc1/C=C/c1ccccc1. The van der Waals surface area contributed by atoms with Gasteiger partial charge in [-0.1, -0.05) is 98.9 Å². The Bertz CT molecular complexity index is 580. The largest absolute Gasteiger partial charge is 0.0839 e. The molecular formula is C19H24Si. The Balaban J connectivity index is 2.36. The van der Waals surface area contributed by atoms with Gasteiger partial charge in [0, 0.05) is 0 Å². The van der Waals surface area contributed by atoms with Crippen LogP contribution in [-0.2, 0) is 0 Å². The highest BCUT2D eigenvalue weighted by atomic mass is 28.3. The van der Waals surface area contributed by atoms with Crippen LogP contribution in [-0.4, -0.2) is 8.07 Å². The summed E-state index contributed by atoms with van der Waals surface area (Å²) in [6.45, 7) is 9.63. The van der Waals surface area contributed by atoms with E-state index in [1.54, 1.807) is 5.19 Å². The minimum Gasteiger partial charge on any atom is -0.0652 e. The summed E-state index contributed by atoms with van der Waals surface area (Å²) in [6.07, 6.45) is 4.48. The lowest BCUT2D eigenvalue weighted by Gasteiger charge is -2.29. The summed E-state index contributed by atoms with van der Waals surface area (Å²) < 4.78 is 0. The third-order valence-corrected chi connectivity index (χ3v) is 9.08. The molecule has 0 saturated heterocycles. The van der Waals surface area contributed by atoms with Gasteiger partial charge in [-0.15, -0.1) is 0 Å². The molecule has 0 heterocycles. The van der Waals surface area contributed by atoms with Crippen LogP contribution in [0, 0.1) is 0 Å². The van der Waals surface area contributed by atoms with Gasteiger partial charge >= 0.3 is 0 Å². The Morgan fingerprint density at radius 1 is 0.800 bits per heavy atom. The van der Waals surface area contributed by atoms with Crippen molar-refractivity contribution in [3.05, 3.63) is 65.7 Å². The number of hydrogen-bond acceptors (Lipinski definition) is 0. The molecule has 0 amide bonds. The lowest BCUT2D eigenvalue weighted by Crippen LogP contribution is -2.45. The topological polar surface area (TPSA) is 0 Å². The van der Waals surface area contributed by atoms with Crippen molar-refractivity contribution >= 4 is 25.4 Å². The molecule has 0 spiro atoms. The summed E-state index contributed by atoms with van der Waals surface area (Å²) in [6, 6.07) is 19.4. The Morgan fingerprint density at radius 2 is 1.40 bits per heavy atom. The van der Waals surface area contributed by atoms with Crippen molar-refractivity contribution in [2.45, 2.75) is 32.5 Å². The summed E-state index contributed by atoms with van der Waals surface area (Å²) in [7, 11) is -1.39. The Kier molecular flexibility index (Phi) is 4.61. The monoisotopic (exact) mass is 280 g/mol. The van der Waals surface area contributed by atoms with Crippen LogP contribution < -0.4 is 5.19 Å². The van der Waals surface area contributed by atoms with Crippen LogP contribution in [0.25, 0.3) is 12.2 Å². The zero-order valence-corrected chi connectivity index (χ0v) is 13.9. The van der Waals surface area contributed by atoms with E-state index in [0.29, 0.717) is 0 Å². The molecule has 2 aromatic carbocycles. The maximum Gasteiger partial charge on any atom is 0.0839 e. The van der Waals surface area contributed by atoms with E-state index in [-0.39, 0.29) is 0 Å². The molecule has 2 rings (SSSR count). The second-order valence-electron chi connectivity index (χ2n) is 6.21. The van der Waals surface area contributed by atoms with E-state index in [1.165, 1.54) is 11.1 Å². The quantitative estimate of drug-likeness (QED) is 0.534. The van der Waals surface area contributed by atoms with E-state index in [2.05, 4.69) is 93.7 Å². The molecule has 2 aromatic rings. The van der Waals surface area contributed by atoms with E-state index in [0.717, 1.165) is 5.54 Å². The first kappa shape index (κ1) is 14.8. The van der Waals surface area contributed by atoms with Gasteiger partial charge in [-0.2, -0.15) is 0 Å². The first-order valence-corrected chi connectivity index (χ1v) is 10.4. The molecule has 0 atom stereocenters. The first-order valence-electron chi connectivity index (χ1n) is 7.34. The highest BCUT2D eigenvalue weighted by Crippen LogP contribution is 2.22. The highest BCUT2D eigenvalue weighted by molar-refractivity contribution is 6.91. The van der Waals surface area contributed by atoms with Gasteiger partial charge in [-0.3, -0.25) is 0 Å². The van der Waals surface area contributed by atoms with Gasteiger partial charge in [0.2, 0.25) is 0 Å². The molecule has 0 aliphatic rings. The molecule has 0 saturated carbocycles. The van der Waals surface area contributed by atoms with Gasteiger partial charge in [0.25, 0.3) is 0 Å².